The van der Waals surface area contributed by atoms with Crippen molar-refractivity contribution in [3.63, 3.8) is 0 Å². The second-order valence-electron chi connectivity index (χ2n) is 6.51. The Morgan fingerprint density at radius 3 is 3.00 bits per heavy atom. The molecule has 0 radical (unpaired) electrons. The minimum absolute atomic E-state index is 0.388. The normalized spacial score (nSPS) is 26.7. The molecule has 2 aromatic rings. The van der Waals surface area contributed by atoms with Crippen LogP contribution in [0.15, 0.2) is 17.8 Å². The van der Waals surface area contributed by atoms with Crippen LogP contribution < -0.4 is 4.90 Å². The summed E-state index contributed by atoms with van der Waals surface area (Å²) in [5.74, 6) is 0.912. The van der Waals surface area contributed by atoms with E-state index in [4.69, 9.17) is 4.74 Å². The molecular formula is C16H22N4O2S. The van der Waals surface area contributed by atoms with Crippen LogP contribution in [0.25, 0.3) is 10.2 Å². The maximum Gasteiger partial charge on any atom is 0.150 e. The van der Waals surface area contributed by atoms with Crippen LogP contribution in [0.5, 0.6) is 0 Å². The fourth-order valence-electron chi connectivity index (χ4n) is 3.55. The van der Waals surface area contributed by atoms with Gasteiger partial charge < -0.3 is 19.6 Å². The van der Waals surface area contributed by atoms with Crippen molar-refractivity contribution in [2.24, 2.45) is 0 Å². The van der Waals surface area contributed by atoms with Crippen LogP contribution in [0.1, 0.15) is 12.8 Å². The number of β-amino-alcohol motifs (C(OH)–C–C–N with tert-alkyl or cyclic N) is 1. The van der Waals surface area contributed by atoms with Crippen LogP contribution in [0.4, 0.5) is 5.82 Å². The first-order chi connectivity index (χ1) is 11.2. The molecule has 1 N–H and O–H groups in total. The van der Waals surface area contributed by atoms with Gasteiger partial charge in [-0.25, -0.2) is 9.97 Å². The lowest BCUT2D eigenvalue weighted by molar-refractivity contribution is -0.0439. The summed E-state index contributed by atoms with van der Waals surface area (Å²) in [6, 6.07) is 2.01. The zero-order valence-electron chi connectivity index (χ0n) is 13.1. The minimum atomic E-state index is -0.852. The van der Waals surface area contributed by atoms with Crippen molar-refractivity contribution in [1.29, 1.82) is 0 Å². The summed E-state index contributed by atoms with van der Waals surface area (Å²) in [5.41, 5.74) is 0.114. The molecule has 0 bridgehead atoms. The van der Waals surface area contributed by atoms with Gasteiger partial charge in [0, 0.05) is 13.1 Å². The molecule has 2 aromatic heterocycles. The van der Waals surface area contributed by atoms with Crippen molar-refractivity contribution in [2.45, 2.75) is 18.4 Å². The Morgan fingerprint density at radius 1 is 1.26 bits per heavy atom. The zero-order chi connectivity index (χ0) is 15.7. The first kappa shape index (κ1) is 15.3. The number of hydrogen-bond donors (Lipinski definition) is 1. The molecule has 1 atom stereocenters. The fourth-order valence-corrected chi connectivity index (χ4v) is 4.41. The number of rotatable bonds is 3. The number of hydrogen-bond acceptors (Lipinski definition) is 7. The predicted octanol–water partition coefficient (Wildman–Crippen LogP) is 1.35. The number of anilines is 1. The SMILES string of the molecule is OC1(CN2CCCC2)COCCN(c2ncnc3ccsc23)C1. The molecule has 0 amide bonds. The summed E-state index contributed by atoms with van der Waals surface area (Å²) in [6.45, 7) is 5.11. The van der Waals surface area contributed by atoms with E-state index in [1.807, 2.05) is 11.4 Å². The minimum Gasteiger partial charge on any atom is -0.384 e. The van der Waals surface area contributed by atoms with Crippen LogP contribution in [0.2, 0.25) is 0 Å². The van der Waals surface area contributed by atoms with Crippen LogP contribution >= 0.6 is 11.3 Å². The number of likely N-dealkylation sites (tertiary alicyclic amines) is 1. The van der Waals surface area contributed by atoms with Gasteiger partial charge in [0.25, 0.3) is 0 Å². The van der Waals surface area contributed by atoms with Crippen LogP contribution in [0.3, 0.4) is 0 Å². The highest BCUT2D eigenvalue weighted by Crippen LogP contribution is 2.30. The molecule has 2 aliphatic rings. The summed E-state index contributed by atoms with van der Waals surface area (Å²) in [7, 11) is 0. The molecule has 4 heterocycles. The van der Waals surface area contributed by atoms with Gasteiger partial charge in [-0.05, 0) is 37.4 Å². The summed E-state index contributed by atoms with van der Waals surface area (Å²) < 4.78 is 6.79. The molecule has 0 saturated carbocycles. The van der Waals surface area contributed by atoms with Crippen molar-refractivity contribution in [1.82, 2.24) is 14.9 Å². The Bertz CT molecular complexity index is 673. The number of thiophene rings is 1. The van der Waals surface area contributed by atoms with E-state index >= 15 is 0 Å². The number of fused-ring (bicyclic) bond motifs is 1. The third-order valence-corrected chi connectivity index (χ3v) is 5.50. The average Bonchev–Trinajstić information content (AvgIpc) is 3.17. The van der Waals surface area contributed by atoms with Gasteiger partial charge in [0.15, 0.2) is 0 Å². The van der Waals surface area contributed by atoms with E-state index in [2.05, 4.69) is 19.8 Å². The lowest BCUT2D eigenvalue weighted by atomic mass is 10.0. The standard InChI is InChI=1S/C16H22N4O2S/c21-16(9-19-4-1-2-5-19)10-20(6-7-22-11-16)15-14-13(3-8-23-14)17-12-18-15/h3,8,12,21H,1-2,4-7,9-11H2. The van der Waals surface area contributed by atoms with Crippen molar-refractivity contribution < 1.29 is 9.84 Å². The van der Waals surface area contributed by atoms with E-state index in [0.717, 1.165) is 35.7 Å². The van der Waals surface area contributed by atoms with Crippen LogP contribution in [0, 0.1) is 0 Å². The number of nitrogens with zero attached hydrogens (tertiary/aromatic N) is 4. The first-order valence-corrected chi connectivity index (χ1v) is 9.07. The molecule has 7 heteroatoms. The van der Waals surface area contributed by atoms with E-state index < -0.39 is 5.60 Å². The molecule has 2 fully saturated rings. The molecule has 23 heavy (non-hydrogen) atoms. The smallest absolute Gasteiger partial charge is 0.150 e. The largest absolute Gasteiger partial charge is 0.384 e. The molecule has 6 nitrogen and oxygen atoms in total. The van der Waals surface area contributed by atoms with Gasteiger partial charge in [-0.1, -0.05) is 0 Å². The van der Waals surface area contributed by atoms with E-state index in [-0.39, 0.29) is 0 Å². The van der Waals surface area contributed by atoms with Gasteiger partial charge in [0.2, 0.25) is 0 Å². The van der Waals surface area contributed by atoms with Crippen LogP contribution in [-0.4, -0.2) is 71.5 Å². The molecular weight excluding hydrogens is 312 g/mol. The fraction of sp³-hybridized carbons (Fsp3) is 0.625. The lowest BCUT2D eigenvalue weighted by Crippen LogP contribution is -2.52. The quantitative estimate of drug-likeness (QED) is 0.914. The van der Waals surface area contributed by atoms with E-state index in [1.165, 1.54) is 12.8 Å². The number of aromatic nitrogens is 2. The summed E-state index contributed by atoms with van der Waals surface area (Å²) in [4.78, 5) is 13.3. The number of aliphatic hydroxyl groups is 1. The van der Waals surface area contributed by atoms with Crippen molar-refractivity contribution in [3.8, 4) is 0 Å². The zero-order valence-corrected chi connectivity index (χ0v) is 14.0. The second kappa shape index (κ2) is 6.32. The Hall–Kier alpha value is -1.28. The van der Waals surface area contributed by atoms with E-state index in [0.29, 0.717) is 26.3 Å². The topological polar surface area (TPSA) is 61.7 Å². The Labute approximate surface area is 139 Å². The van der Waals surface area contributed by atoms with Crippen molar-refractivity contribution in [3.05, 3.63) is 17.8 Å². The molecule has 0 aliphatic carbocycles. The third kappa shape index (κ3) is 3.19. The Kier molecular flexibility index (Phi) is 4.19. The van der Waals surface area contributed by atoms with E-state index in [9.17, 15) is 5.11 Å². The summed E-state index contributed by atoms with van der Waals surface area (Å²) in [5, 5.41) is 13.2. The monoisotopic (exact) mass is 334 g/mol. The van der Waals surface area contributed by atoms with Crippen LogP contribution in [-0.2, 0) is 4.74 Å². The Morgan fingerprint density at radius 2 is 2.13 bits per heavy atom. The molecule has 2 saturated heterocycles. The molecule has 0 spiro atoms. The van der Waals surface area contributed by atoms with Gasteiger partial charge in [-0.2, -0.15) is 0 Å². The first-order valence-electron chi connectivity index (χ1n) is 8.19. The Balaban J connectivity index is 1.59. The molecule has 1 unspecified atom stereocenters. The van der Waals surface area contributed by atoms with Gasteiger partial charge >= 0.3 is 0 Å². The van der Waals surface area contributed by atoms with Gasteiger partial charge in [-0.3, -0.25) is 0 Å². The second-order valence-corrected chi connectivity index (χ2v) is 7.43. The summed E-state index contributed by atoms with van der Waals surface area (Å²) in [6.07, 6.45) is 4.06. The number of ether oxygens (including phenoxy) is 1. The predicted molar refractivity (Wildman–Crippen MR) is 91.1 cm³/mol. The molecule has 124 valence electrons. The lowest BCUT2D eigenvalue weighted by Gasteiger charge is -2.34. The maximum atomic E-state index is 11.1. The van der Waals surface area contributed by atoms with E-state index in [1.54, 1.807) is 17.7 Å². The highest BCUT2D eigenvalue weighted by atomic mass is 32.1. The molecule has 0 aromatic carbocycles. The molecule has 2 aliphatic heterocycles. The average molecular weight is 334 g/mol. The highest BCUT2D eigenvalue weighted by Gasteiger charge is 2.36. The summed E-state index contributed by atoms with van der Waals surface area (Å²) >= 11 is 1.65. The molecule has 4 rings (SSSR count). The van der Waals surface area contributed by atoms with Crippen molar-refractivity contribution in [2.75, 3.05) is 50.8 Å². The maximum absolute atomic E-state index is 11.1. The van der Waals surface area contributed by atoms with Gasteiger partial charge in [0.05, 0.1) is 30.0 Å². The third-order valence-electron chi connectivity index (χ3n) is 4.60. The highest BCUT2D eigenvalue weighted by molar-refractivity contribution is 7.17. The van der Waals surface area contributed by atoms with Gasteiger partial charge in [0.1, 0.15) is 17.7 Å². The van der Waals surface area contributed by atoms with Gasteiger partial charge in [-0.15, -0.1) is 11.3 Å². The van der Waals surface area contributed by atoms with Crippen molar-refractivity contribution >= 4 is 27.4 Å².